The molecule has 0 amide bonds. The van der Waals surface area contributed by atoms with Crippen molar-refractivity contribution in [2.75, 3.05) is 7.11 Å². The first-order valence-electron chi connectivity index (χ1n) is 11.4. The maximum Gasteiger partial charge on any atom is 0.519 e. The van der Waals surface area contributed by atoms with Gasteiger partial charge in [-0.05, 0) is 83.6 Å². The number of carbonyl (C=O) groups excluding carboxylic acids is 2. The molecule has 0 heterocycles. The summed E-state index contributed by atoms with van der Waals surface area (Å²) in [5, 5.41) is 0. The third-order valence-corrected chi connectivity index (χ3v) is 5.41. The SMILES string of the molecule is COc1ccc(Cc2ccc(OC(=O)Oc3ccc(Cc4ccc(OC(C)=O)cc4)cc3)cc2)cc1. The number of esters is 1. The molecule has 0 radical (unpaired) electrons. The zero-order valence-electron chi connectivity index (χ0n) is 20.1. The van der Waals surface area contributed by atoms with Gasteiger partial charge in [-0.2, -0.15) is 0 Å². The molecular formula is C30H26O6. The van der Waals surface area contributed by atoms with Crippen LogP contribution in [0.2, 0.25) is 0 Å². The first-order valence-corrected chi connectivity index (χ1v) is 11.4. The van der Waals surface area contributed by atoms with Gasteiger partial charge in [0, 0.05) is 6.92 Å². The fourth-order valence-corrected chi connectivity index (χ4v) is 3.62. The van der Waals surface area contributed by atoms with Crippen molar-refractivity contribution in [3.05, 3.63) is 119 Å². The number of carbonyl (C=O) groups is 2. The summed E-state index contributed by atoms with van der Waals surface area (Å²) in [6.07, 6.45) is 0.650. The van der Waals surface area contributed by atoms with Crippen molar-refractivity contribution in [3.8, 4) is 23.0 Å². The zero-order chi connectivity index (χ0) is 25.3. The molecule has 6 heteroatoms. The van der Waals surface area contributed by atoms with Gasteiger partial charge in [-0.25, -0.2) is 4.79 Å². The predicted octanol–water partition coefficient (Wildman–Crippen LogP) is 6.38. The maximum absolute atomic E-state index is 12.2. The monoisotopic (exact) mass is 482 g/mol. The highest BCUT2D eigenvalue weighted by Crippen LogP contribution is 2.20. The fourth-order valence-electron chi connectivity index (χ4n) is 3.62. The van der Waals surface area contributed by atoms with Crippen LogP contribution in [0.3, 0.4) is 0 Å². The molecule has 0 saturated heterocycles. The molecule has 0 aromatic heterocycles. The molecule has 6 nitrogen and oxygen atoms in total. The lowest BCUT2D eigenvalue weighted by molar-refractivity contribution is -0.131. The Morgan fingerprint density at radius 1 is 0.500 bits per heavy atom. The lowest BCUT2D eigenvalue weighted by Gasteiger charge is -2.08. The quantitative estimate of drug-likeness (QED) is 0.165. The summed E-state index contributed by atoms with van der Waals surface area (Å²) in [7, 11) is 1.64. The fraction of sp³-hybridized carbons (Fsp3) is 0.133. The van der Waals surface area contributed by atoms with E-state index in [4.69, 9.17) is 18.9 Å². The van der Waals surface area contributed by atoms with Crippen molar-refractivity contribution < 1.29 is 28.5 Å². The van der Waals surface area contributed by atoms with Gasteiger partial charge < -0.3 is 18.9 Å². The lowest BCUT2D eigenvalue weighted by Crippen LogP contribution is -2.13. The largest absolute Gasteiger partial charge is 0.519 e. The van der Waals surface area contributed by atoms with Gasteiger partial charge in [0.05, 0.1) is 7.11 Å². The molecule has 0 spiro atoms. The molecule has 0 bridgehead atoms. The molecule has 0 aliphatic carbocycles. The standard InChI is InChI=1S/C30H26O6/c1-21(31)34-27-13-5-23(6-14-27)20-25-9-17-29(18-10-25)36-30(32)35-28-15-7-24(8-16-28)19-22-3-11-26(33-2)12-4-22/h3-18H,19-20H2,1-2H3. The third-order valence-electron chi connectivity index (χ3n) is 5.41. The van der Waals surface area contributed by atoms with Crippen molar-refractivity contribution in [2.45, 2.75) is 19.8 Å². The van der Waals surface area contributed by atoms with Crippen LogP contribution in [0, 0.1) is 0 Å². The lowest BCUT2D eigenvalue weighted by atomic mass is 10.0. The second-order valence-electron chi connectivity index (χ2n) is 8.18. The first-order chi connectivity index (χ1) is 17.5. The predicted molar refractivity (Wildman–Crippen MR) is 136 cm³/mol. The number of methoxy groups -OCH3 is 1. The first kappa shape index (κ1) is 24.5. The zero-order valence-corrected chi connectivity index (χ0v) is 20.1. The summed E-state index contributed by atoms with van der Waals surface area (Å²) in [6.45, 7) is 1.37. The van der Waals surface area contributed by atoms with E-state index in [-0.39, 0.29) is 5.97 Å². The Morgan fingerprint density at radius 2 is 0.806 bits per heavy atom. The van der Waals surface area contributed by atoms with Crippen LogP contribution in [0.15, 0.2) is 97.1 Å². The molecule has 0 aliphatic rings. The van der Waals surface area contributed by atoms with E-state index in [0.29, 0.717) is 23.7 Å². The molecule has 0 N–H and O–H groups in total. The summed E-state index contributed by atoms with van der Waals surface area (Å²) in [4.78, 5) is 23.2. The van der Waals surface area contributed by atoms with Crippen LogP contribution >= 0.6 is 0 Å². The molecule has 182 valence electrons. The average molecular weight is 483 g/mol. The highest BCUT2D eigenvalue weighted by molar-refractivity contribution is 5.69. The molecule has 4 aromatic carbocycles. The Bertz CT molecular complexity index is 1290. The highest BCUT2D eigenvalue weighted by Gasteiger charge is 2.09. The van der Waals surface area contributed by atoms with Crippen molar-refractivity contribution >= 4 is 12.1 Å². The van der Waals surface area contributed by atoms with Crippen LogP contribution in [0.25, 0.3) is 0 Å². The Balaban J connectivity index is 1.26. The summed E-state index contributed by atoms with van der Waals surface area (Å²) >= 11 is 0. The number of rotatable bonds is 8. The average Bonchev–Trinajstić information content (AvgIpc) is 2.88. The number of hydrogen-bond donors (Lipinski definition) is 0. The van der Waals surface area contributed by atoms with Gasteiger partial charge in [0.2, 0.25) is 0 Å². The van der Waals surface area contributed by atoms with E-state index < -0.39 is 6.16 Å². The van der Waals surface area contributed by atoms with E-state index in [9.17, 15) is 9.59 Å². The van der Waals surface area contributed by atoms with Crippen LogP contribution in [-0.2, 0) is 17.6 Å². The number of hydrogen-bond acceptors (Lipinski definition) is 6. The minimum absolute atomic E-state index is 0.349. The minimum Gasteiger partial charge on any atom is -0.497 e. The van der Waals surface area contributed by atoms with Crippen molar-refractivity contribution in [1.29, 1.82) is 0 Å². The van der Waals surface area contributed by atoms with Crippen molar-refractivity contribution in [3.63, 3.8) is 0 Å². The second kappa shape index (κ2) is 11.7. The number of ether oxygens (including phenoxy) is 4. The topological polar surface area (TPSA) is 71.1 Å². The van der Waals surface area contributed by atoms with Gasteiger partial charge in [-0.1, -0.05) is 48.5 Å². The molecule has 0 aliphatic heterocycles. The van der Waals surface area contributed by atoms with E-state index in [1.165, 1.54) is 6.92 Å². The van der Waals surface area contributed by atoms with Crippen LogP contribution < -0.4 is 18.9 Å². The molecule has 0 saturated carbocycles. The van der Waals surface area contributed by atoms with E-state index >= 15 is 0 Å². The Morgan fingerprint density at radius 3 is 1.11 bits per heavy atom. The summed E-state index contributed by atoms with van der Waals surface area (Å²) in [5.74, 6) is 1.79. The third kappa shape index (κ3) is 7.21. The summed E-state index contributed by atoms with van der Waals surface area (Å²) in [6, 6.07) is 29.8. The van der Waals surface area contributed by atoms with E-state index in [1.54, 1.807) is 43.5 Å². The van der Waals surface area contributed by atoms with Crippen LogP contribution in [0.4, 0.5) is 4.79 Å². The van der Waals surface area contributed by atoms with Crippen molar-refractivity contribution in [1.82, 2.24) is 0 Å². The summed E-state index contributed by atoms with van der Waals surface area (Å²) < 4.78 is 20.8. The molecule has 4 aromatic rings. The van der Waals surface area contributed by atoms with E-state index in [0.717, 1.165) is 34.4 Å². The molecule has 0 unspecified atom stereocenters. The molecule has 0 atom stereocenters. The Kier molecular flexibility index (Phi) is 7.98. The van der Waals surface area contributed by atoms with Gasteiger partial charge in [-0.3, -0.25) is 4.79 Å². The molecule has 4 rings (SSSR count). The van der Waals surface area contributed by atoms with Crippen molar-refractivity contribution in [2.24, 2.45) is 0 Å². The second-order valence-corrected chi connectivity index (χ2v) is 8.18. The van der Waals surface area contributed by atoms with Gasteiger partial charge >= 0.3 is 12.1 Å². The molecular weight excluding hydrogens is 456 g/mol. The van der Waals surface area contributed by atoms with E-state index in [1.807, 2.05) is 60.7 Å². The highest BCUT2D eigenvalue weighted by atomic mass is 16.7. The Hall–Kier alpha value is -4.58. The number of benzene rings is 4. The smallest absolute Gasteiger partial charge is 0.497 e. The van der Waals surface area contributed by atoms with Gasteiger partial charge in [0.25, 0.3) is 0 Å². The van der Waals surface area contributed by atoms with E-state index in [2.05, 4.69) is 0 Å². The normalized spacial score (nSPS) is 10.4. The molecule has 36 heavy (non-hydrogen) atoms. The Labute approximate surface area is 210 Å². The van der Waals surface area contributed by atoms with Crippen LogP contribution in [0.5, 0.6) is 23.0 Å². The van der Waals surface area contributed by atoms with Gasteiger partial charge in [0.15, 0.2) is 0 Å². The van der Waals surface area contributed by atoms with Gasteiger partial charge in [-0.15, -0.1) is 0 Å². The van der Waals surface area contributed by atoms with Crippen LogP contribution in [0.1, 0.15) is 29.2 Å². The summed E-state index contributed by atoms with van der Waals surface area (Å²) in [5.41, 5.74) is 4.36. The molecule has 0 fully saturated rings. The van der Waals surface area contributed by atoms with Gasteiger partial charge in [0.1, 0.15) is 23.0 Å². The maximum atomic E-state index is 12.2. The van der Waals surface area contributed by atoms with Crippen LogP contribution in [-0.4, -0.2) is 19.2 Å². The minimum atomic E-state index is -0.799.